The van der Waals surface area contributed by atoms with Gasteiger partial charge in [-0.25, -0.2) is 9.78 Å². The van der Waals surface area contributed by atoms with E-state index in [0.29, 0.717) is 10.7 Å². The summed E-state index contributed by atoms with van der Waals surface area (Å²) in [6.45, 7) is 1.82. The molecule has 0 fully saturated rings. The van der Waals surface area contributed by atoms with E-state index in [1.807, 2.05) is 89.0 Å². The summed E-state index contributed by atoms with van der Waals surface area (Å²) in [7, 11) is 0. The third-order valence-electron chi connectivity index (χ3n) is 5.68. The van der Waals surface area contributed by atoms with Crippen LogP contribution in [0.1, 0.15) is 16.1 Å². The highest BCUT2D eigenvalue weighted by Gasteiger charge is 2.19. The van der Waals surface area contributed by atoms with Crippen molar-refractivity contribution in [2.75, 3.05) is 0 Å². The zero-order valence-electron chi connectivity index (χ0n) is 17.8. The van der Waals surface area contributed by atoms with Gasteiger partial charge in [-0.05, 0) is 55.0 Å². The number of carboxylic acids is 1. The summed E-state index contributed by atoms with van der Waals surface area (Å²) in [6.07, 6.45) is 3.79. The van der Waals surface area contributed by atoms with Crippen LogP contribution < -0.4 is 0 Å². The van der Waals surface area contributed by atoms with Gasteiger partial charge in [-0.15, -0.1) is 0 Å². The fraction of sp³-hybridized carbons (Fsp3) is 0.0370. The molecule has 5 nitrogen and oxygen atoms in total. The maximum Gasteiger partial charge on any atom is 0.337 e. The van der Waals surface area contributed by atoms with Gasteiger partial charge in [0.25, 0.3) is 0 Å². The molecule has 0 spiro atoms. The maximum absolute atomic E-state index is 11.8. The molecule has 33 heavy (non-hydrogen) atoms. The molecule has 0 saturated heterocycles. The summed E-state index contributed by atoms with van der Waals surface area (Å²) in [5.41, 5.74) is 6.37. The fourth-order valence-electron chi connectivity index (χ4n) is 3.98. The Morgan fingerprint density at radius 2 is 1.55 bits per heavy atom. The minimum atomic E-state index is -0.954. The van der Waals surface area contributed by atoms with E-state index in [-0.39, 0.29) is 5.56 Å². The summed E-state index contributed by atoms with van der Waals surface area (Å²) in [4.78, 5) is 16.4. The van der Waals surface area contributed by atoms with Gasteiger partial charge in [0.15, 0.2) is 0 Å². The van der Waals surface area contributed by atoms with E-state index in [1.54, 1.807) is 24.5 Å². The maximum atomic E-state index is 11.8. The highest BCUT2D eigenvalue weighted by molar-refractivity contribution is 6.30. The monoisotopic (exact) mass is 453 g/mol. The molecule has 162 valence electrons. The van der Waals surface area contributed by atoms with Gasteiger partial charge in [-0.1, -0.05) is 54.1 Å². The number of nitrogens with zero attached hydrogens (tertiary/aromatic N) is 3. The molecule has 0 atom stereocenters. The van der Waals surface area contributed by atoms with E-state index in [1.165, 1.54) is 0 Å². The number of hydrogen-bond acceptors (Lipinski definition) is 2. The zero-order chi connectivity index (χ0) is 22.9. The predicted octanol–water partition coefficient (Wildman–Crippen LogP) is 6.66. The third-order valence-corrected chi connectivity index (χ3v) is 5.93. The van der Waals surface area contributed by atoms with Crippen LogP contribution in [0.2, 0.25) is 5.02 Å². The molecule has 5 aromatic rings. The Hall–Kier alpha value is -4.09. The van der Waals surface area contributed by atoms with E-state index in [0.717, 1.165) is 33.9 Å². The first kappa shape index (κ1) is 20.8. The Balaban J connectivity index is 1.54. The quantitative estimate of drug-likeness (QED) is 0.324. The molecule has 0 bridgehead atoms. The topological polar surface area (TPSA) is 60.0 Å². The lowest BCUT2D eigenvalue weighted by Gasteiger charge is -2.13. The van der Waals surface area contributed by atoms with Crippen LogP contribution in [0, 0.1) is 6.92 Å². The number of hydrogen-bond donors (Lipinski definition) is 1. The van der Waals surface area contributed by atoms with Crippen LogP contribution in [0.4, 0.5) is 0 Å². The lowest BCUT2D eigenvalue weighted by molar-refractivity contribution is 0.0696. The van der Waals surface area contributed by atoms with Gasteiger partial charge >= 0.3 is 5.97 Å². The Morgan fingerprint density at radius 1 is 0.879 bits per heavy atom. The molecule has 0 unspecified atom stereocenters. The lowest BCUT2D eigenvalue weighted by atomic mass is 10.1. The number of aromatic nitrogens is 3. The molecular formula is C27H20ClN3O2. The molecule has 0 aliphatic rings. The average molecular weight is 454 g/mol. The number of carboxylic acid groups (broad SMARTS) is 1. The van der Waals surface area contributed by atoms with Crippen LogP contribution in [-0.4, -0.2) is 25.2 Å². The molecule has 0 radical (unpaired) electrons. The number of benzene rings is 3. The van der Waals surface area contributed by atoms with Gasteiger partial charge in [-0.3, -0.25) is 0 Å². The standard InChI is InChI=1S/C27H20ClN3O2/c1-18-24(27(32)33)15-26(20-7-11-21(28)12-8-20)31(18)23-13-9-19(10-14-23)25-16-30(17-29-25)22-5-3-2-4-6-22/h2-17H,1H3,(H,32,33). The van der Waals surface area contributed by atoms with E-state index >= 15 is 0 Å². The zero-order valence-corrected chi connectivity index (χ0v) is 18.6. The van der Waals surface area contributed by atoms with Crippen LogP contribution in [0.25, 0.3) is 33.9 Å². The number of halogens is 1. The molecule has 0 aliphatic carbocycles. The molecule has 5 rings (SSSR count). The van der Waals surface area contributed by atoms with Crippen molar-refractivity contribution >= 4 is 17.6 Å². The van der Waals surface area contributed by atoms with Crippen molar-refractivity contribution in [1.29, 1.82) is 0 Å². The number of para-hydroxylation sites is 1. The van der Waals surface area contributed by atoms with Crippen molar-refractivity contribution in [3.63, 3.8) is 0 Å². The van der Waals surface area contributed by atoms with E-state index < -0.39 is 5.97 Å². The van der Waals surface area contributed by atoms with Gasteiger partial charge in [0.05, 0.1) is 23.3 Å². The van der Waals surface area contributed by atoms with Gasteiger partial charge < -0.3 is 14.2 Å². The first-order valence-electron chi connectivity index (χ1n) is 10.4. The highest BCUT2D eigenvalue weighted by atomic mass is 35.5. The minimum Gasteiger partial charge on any atom is -0.478 e. The molecular weight excluding hydrogens is 434 g/mol. The Bertz CT molecular complexity index is 1430. The third kappa shape index (κ3) is 3.95. The predicted molar refractivity (Wildman–Crippen MR) is 130 cm³/mol. The SMILES string of the molecule is Cc1c(C(=O)O)cc(-c2ccc(Cl)cc2)n1-c1ccc(-c2cn(-c3ccccc3)cn2)cc1. The van der Waals surface area contributed by atoms with E-state index in [2.05, 4.69) is 4.98 Å². The van der Waals surface area contributed by atoms with Crippen molar-refractivity contribution in [1.82, 2.24) is 14.1 Å². The van der Waals surface area contributed by atoms with Crippen LogP contribution in [-0.2, 0) is 0 Å². The molecule has 2 heterocycles. The molecule has 0 amide bonds. The van der Waals surface area contributed by atoms with Crippen molar-refractivity contribution in [2.24, 2.45) is 0 Å². The van der Waals surface area contributed by atoms with Crippen LogP contribution in [0.5, 0.6) is 0 Å². The van der Waals surface area contributed by atoms with Gasteiger partial charge in [-0.2, -0.15) is 0 Å². The van der Waals surface area contributed by atoms with Crippen LogP contribution >= 0.6 is 11.6 Å². The fourth-order valence-corrected chi connectivity index (χ4v) is 4.11. The summed E-state index contributed by atoms with van der Waals surface area (Å²) >= 11 is 6.05. The number of rotatable bonds is 5. The molecule has 6 heteroatoms. The van der Waals surface area contributed by atoms with Crippen molar-refractivity contribution in [3.8, 4) is 33.9 Å². The Morgan fingerprint density at radius 3 is 2.21 bits per heavy atom. The van der Waals surface area contributed by atoms with Gasteiger partial charge in [0.2, 0.25) is 0 Å². The number of aromatic carboxylic acids is 1. The average Bonchev–Trinajstić information content (AvgIpc) is 3.46. The first-order valence-corrected chi connectivity index (χ1v) is 10.8. The largest absolute Gasteiger partial charge is 0.478 e. The molecule has 1 N–H and O–H groups in total. The molecule has 0 saturated carbocycles. The number of carbonyl (C=O) groups is 1. The van der Waals surface area contributed by atoms with Crippen LogP contribution in [0.3, 0.4) is 0 Å². The Labute approximate surface area is 196 Å². The van der Waals surface area contributed by atoms with E-state index in [4.69, 9.17) is 11.6 Å². The number of imidazole rings is 1. The minimum absolute atomic E-state index is 0.269. The second-order valence-electron chi connectivity index (χ2n) is 7.72. The van der Waals surface area contributed by atoms with Crippen molar-refractivity contribution < 1.29 is 9.90 Å². The smallest absolute Gasteiger partial charge is 0.337 e. The van der Waals surface area contributed by atoms with Crippen molar-refractivity contribution in [3.05, 3.63) is 114 Å². The summed E-state index contributed by atoms with van der Waals surface area (Å²) in [6, 6.07) is 27.1. The molecule has 3 aromatic carbocycles. The summed E-state index contributed by atoms with van der Waals surface area (Å²) in [5.74, 6) is -0.954. The van der Waals surface area contributed by atoms with Gasteiger partial charge in [0.1, 0.15) is 0 Å². The molecule has 2 aromatic heterocycles. The summed E-state index contributed by atoms with van der Waals surface area (Å²) in [5, 5.41) is 10.3. The first-order chi connectivity index (χ1) is 16.0. The van der Waals surface area contributed by atoms with Crippen molar-refractivity contribution in [2.45, 2.75) is 6.92 Å². The lowest BCUT2D eigenvalue weighted by Crippen LogP contribution is -2.02. The van der Waals surface area contributed by atoms with Crippen LogP contribution in [0.15, 0.2) is 97.5 Å². The van der Waals surface area contributed by atoms with Gasteiger partial charge in [0, 0.05) is 33.9 Å². The van der Waals surface area contributed by atoms with E-state index in [9.17, 15) is 9.90 Å². The summed E-state index contributed by atoms with van der Waals surface area (Å²) < 4.78 is 3.94. The second kappa shape index (κ2) is 8.45. The highest BCUT2D eigenvalue weighted by Crippen LogP contribution is 2.31. The Kier molecular flexibility index (Phi) is 5.32. The second-order valence-corrected chi connectivity index (χ2v) is 8.16. The molecule has 0 aliphatic heterocycles. The normalized spacial score (nSPS) is 11.0.